The lowest BCUT2D eigenvalue weighted by atomic mass is 10.1. The van der Waals surface area contributed by atoms with Gasteiger partial charge in [0.2, 0.25) is 0 Å². The lowest BCUT2D eigenvalue weighted by Gasteiger charge is -2.07. The molecular formula is C16H11Cl2N3O4. The second-order valence-corrected chi connectivity index (χ2v) is 6.14. The molecule has 0 saturated heterocycles. The van der Waals surface area contributed by atoms with E-state index in [1.165, 1.54) is 16.9 Å². The standard InChI is InChI=1S/C16H11Cl2N3O4/c17-9-3-8(4-10(18)5-9)11-6-13(23)15(12(22)1-2-14(24)25)16-19-7-20-21(11)16/h3-7,22H,1-2H2,(H,24,25). The molecule has 0 spiro atoms. The number of halogens is 2. The number of benzene rings is 1. The fourth-order valence-corrected chi connectivity index (χ4v) is 3.01. The van der Waals surface area contributed by atoms with Crippen LogP contribution in [0.2, 0.25) is 10.0 Å². The van der Waals surface area contributed by atoms with Crippen molar-refractivity contribution in [3.63, 3.8) is 0 Å². The maximum absolute atomic E-state index is 12.5. The topological polar surface area (TPSA) is 105 Å². The van der Waals surface area contributed by atoms with Gasteiger partial charge in [0, 0.05) is 28.1 Å². The van der Waals surface area contributed by atoms with Crippen molar-refractivity contribution in [3.05, 3.63) is 56.1 Å². The van der Waals surface area contributed by atoms with E-state index < -0.39 is 11.4 Å². The van der Waals surface area contributed by atoms with Crippen LogP contribution < -0.4 is 10.6 Å². The molecule has 1 aromatic carbocycles. The Kier molecular flexibility index (Phi) is 4.61. The zero-order valence-electron chi connectivity index (χ0n) is 12.6. The molecule has 0 radical (unpaired) electrons. The van der Waals surface area contributed by atoms with Crippen molar-refractivity contribution in [2.75, 3.05) is 0 Å². The summed E-state index contributed by atoms with van der Waals surface area (Å²) in [6.07, 6.45) is 0.741. The number of aromatic nitrogens is 3. The van der Waals surface area contributed by atoms with Gasteiger partial charge in [-0.3, -0.25) is 9.59 Å². The normalized spacial score (nSPS) is 12.4. The summed E-state index contributed by atoms with van der Waals surface area (Å²) in [5.74, 6) is -1.43. The van der Waals surface area contributed by atoms with Crippen LogP contribution in [0.4, 0.5) is 0 Å². The molecule has 0 atom stereocenters. The van der Waals surface area contributed by atoms with Crippen LogP contribution in [0.1, 0.15) is 12.8 Å². The minimum Gasteiger partial charge on any atom is -0.511 e. The van der Waals surface area contributed by atoms with Gasteiger partial charge in [-0.2, -0.15) is 5.10 Å². The zero-order valence-corrected chi connectivity index (χ0v) is 14.1. The molecule has 0 aliphatic heterocycles. The highest BCUT2D eigenvalue weighted by Crippen LogP contribution is 2.26. The van der Waals surface area contributed by atoms with E-state index in [2.05, 4.69) is 10.1 Å². The van der Waals surface area contributed by atoms with Crippen LogP contribution in [0.25, 0.3) is 22.7 Å². The Hall–Kier alpha value is -2.64. The predicted molar refractivity (Wildman–Crippen MR) is 92.8 cm³/mol. The highest BCUT2D eigenvalue weighted by molar-refractivity contribution is 6.35. The quantitative estimate of drug-likeness (QED) is 0.720. The SMILES string of the molecule is O=C(O)CCC(O)=c1c(=O)cc(-c2cc(Cl)cc(Cl)c2)n2ncnc12. The molecule has 2 heterocycles. The van der Waals surface area contributed by atoms with Crippen LogP contribution in [0.5, 0.6) is 0 Å². The number of carboxylic acids is 1. The molecule has 9 heteroatoms. The van der Waals surface area contributed by atoms with Crippen molar-refractivity contribution < 1.29 is 15.0 Å². The van der Waals surface area contributed by atoms with Gasteiger partial charge in [0.1, 0.15) is 17.3 Å². The summed E-state index contributed by atoms with van der Waals surface area (Å²) in [7, 11) is 0. The van der Waals surface area contributed by atoms with Crippen molar-refractivity contribution in [1.82, 2.24) is 14.6 Å². The van der Waals surface area contributed by atoms with Crippen LogP contribution in [0.3, 0.4) is 0 Å². The van der Waals surface area contributed by atoms with Crippen LogP contribution >= 0.6 is 23.2 Å². The molecule has 0 bridgehead atoms. The van der Waals surface area contributed by atoms with Crippen molar-refractivity contribution in [1.29, 1.82) is 0 Å². The summed E-state index contributed by atoms with van der Waals surface area (Å²) in [5, 5.41) is 23.7. The fraction of sp³-hybridized carbons (Fsp3) is 0.125. The maximum atomic E-state index is 12.5. The molecule has 0 saturated carbocycles. The molecule has 0 unspecified atom stereocenters. The Morgan fingerprint density at radius 2 is 1.76 bits per heavy atom. The Balaban J connectivity index is 2.28. The summed E-state index contributed by atoms with van der Waals surface area (Å²) in [4.78, 5) is 27.2. The van der Waals surface area contributed by atoms with Gasteiger partial charge in [0.05, 0.1) is 12.1 Å². The number of carboxylic acid groups (broad SMARTS) is 1. The van der Waals surface area contributed by atoms with Gasteiger partial charge < -0.3 is 10.2 Å². The van der Waals surface area contributed by atoms with E-state index in [1.54, 1.807) is 18.2 Å². The van der Waals surface area contributed by atoms with Gasteiger partial charge in [0.25, 0.3) is 0 Å². The maximum Gasteiger partial charge on any atom is 0.303 e. The van der Waals surface area contributed by atoms with Crippen molar-refractivity contribution in [2.24, 2.45) is 0 Å². The van der Waals surface area contributed by atoms with Gasteiger partial charge >= 0.3 is 5.97 Å². The summed E-state index contributed by atoms with van der Waals surface area (Å²) in [6.45, 7) is 0. The van der Waals surface area contributed by atoms with E-state index in [-0.39, 0.29) is 29.5 Å². The first-order valence-corrected chi connectivity index (χ1v) is 7.89. The van der Waals surface area contributed by atoms with Gasteiger partial charge in [-0.25, -0.2) is 9.50 Å². The average Bonchev–Trinajstić information content (AvgIpc) is 2.99. The number of aliphatic hydroxyl groups excluding tert-OH is 1. The molecule has 25 heavy (non-hydrogen) atoms. The number of aliphatic hydroxyl groups is 1. The smallest absolute Gasteiger partial charge is 0.303 e. The molecule has 0 aliphatic rings. The van der Waals surface area contributed by atoms with E-state index in [0.717, 1.165) is 0 Å². The zero-order chi connectivity index (χ0) is 18.1. The lowest BCUT2D eigenvalue weighted by Crippen LogP contribution is -2.30. The van der Waals surface area contributed by atoms with Gasteiger partial charge in [-0.15, -0.1) is 0 Å². The number of carbonyl (C=O) groups is 1. The first-order chi connectivity index (χ1) is 11.9. The Morgan fingerprint density at radius 1 is 1.08 bits per heavy atom. The molecule has 0 fully saturated rings. The number of pyridine rings is 1. The number of hydrogen-bond donors (Lipinski definition) is 2. The van der Waals surface area contributed by atoms with Crippen LogP contribution in [0.15, 0.2) is 35.4 Å². The number of rotatable bonds is 4. The molecule has 2 aromatic heterocycles. The van der Waals surface area contributed by atoms with Crippen LogP contribution in [0, 0.1) is 0 Å². The van der Waals surface area contributed by atoms with Crippen LogP contribution in [-0.2, 0) is 4.79 Å². The monoisotopic (exact) mass is 379 g/mol. The summed E-state index contributed by atoms with van der Waals surface area (Å²) in [5.41, 5.74) is 0.578. The van der Waals surface area contributed by atoms with E-state index in [4.69, 9.17) is 28.3 Å². The summed E-state index contributed by atoms with van der Waals surface area (Å²) in [6, 6.07) is 6.08. The van der Waals surface area contributed by atoms with E-state index in [1.807, 2.05) is 0 Å². The number of fused-ring (bicyclic) bond motifs is 1. The third kappa shape index (κ3) is 3.42. The predicted octanol–water partition coefficient (Wildman–Crippen LogP) is 2.31. The second-order valence-electron chi connectivity index (χ2n) is 5.26. The minimum atomic E-state index is -1.08. The molecule has 7 nitrogen and oxygen atoms in total. The third-order valence-corrected chi connectivity index (χ3v) is 3.97. The molecule has 0 amide bonds. The highest BCUT2D eigenvalue weighted by Gasteiger charge is 2.14. The summed E-state index contributed by atoms with van der Waals surface area (Å²) >= 11 is 12.0. The van der Waals surface area contributed by atoms with E-state index in [0.29, 0.717) is 21.3 Å². The number of nitrogens with zero attached hydrogens (tertiary/aromatic N) is 3. The molecule has 128 valence electrons. The van der Waals surface area contributed by atoms with Crippen molar-refractivity contribution in [2.45, 2.75) is 12.8 Å². The molecule has 3 aromatic rings. The molecule has 0 aliphatic carbocycles. The Labute approximate surface area is 150 Å². The second kappa shape index (κ2) is 6.70. The Morgan fingerprint density at radius 3 is 2.40 bits per heavy atom. The minimum absolute atomic E-state index is 0.0735. The Bertz CT molecular complexity index is 1070. The largest absolute Gasteiger partial charge is 0.511 e. The lowest BCUT2D eigenvalue weighted by molar-refractivity contribution is -0.136. The summed E-state index contributed by atoms with van der Waals surface area (Å²) < 4.78 is 1.37. The van der Waals surface area contributed by atoms with Gasteiger partial charge in [-0.05, 0) is 18.2 Å². The first kappa shape index (κ1) is 17.2. The van der Waals surface area contributed by atoms with Crippen molar-refractivity contribution >= 4 is 40.6 Å². The fourth-order valence-electron chi connectivity index (χ4n) is 2.48. The first-order valence-electron chi connectivity index (χ1n) is 7.14. The van der Waals surface area contributed by atoms with Crippen LogP contribution in [-0.4, -0.2) is 30.8 Å². The van der Waals surface area contributed by atoms with Gasteiger partial charge in [-0.1, -0.05) is 23.2 Å². The van der Waals surface area contributed by atoms with E-state index >= 15 is 0 Å². The number of hydrogen-bond acceptors (Lipinski definition) is 5. The van der Waals surface area contributed by atoms with E-state index in [9.17, 15) is 14.7 Å². The number of aliphatic carboxylic acids is 1. The molecular weight excluding hydrogens is 369 g/mol. The molecule has 3 rings (SSSR count). The van der Waals surface area contributed by atoms with Gasteiger partial charge in [0.15, 0.2) is 11.1 Å². The van der Waals surface area contributed by atoms with Crippen molar-refractivity contribution in [3.8, 4) is 11.3 Å². The average molecular weight is 380 g/mol. The highest BCUT2D eigenvalue weighted by atomic mass is 35.5. The third-order valence-electron chi connectivity index (χ3n) is 3.54. The molecule has 2 N–H and O–H groups in total.